The lowest BCUT2D eigenvalue weighted by molar-refractivity contribution is -0.116. The number of carbonyl (C=O) groups is 1. The Morgan fingerprint density at radius 3 is 2.64 bits per heavy atom. The molecule has 7 nitrogen and oxygen atoms in total. The molecule has 1 aromatic carbocycles. The Kier molecular flexibility index (Phi) is 5.25. The molecule has 0 aliphatic rings. The maximum Gasteiger partial charge on any atom is 0.322 e. The molecule has 1 N–H and O–H groups in total. The Morgan fingerprint density at radius 2 is 1.92 bits per heavy atom. The number of nitrogens with one attached hydrogen (secondary N) is 1. The summed E-state index contributed by atoms with van der Waals surface area (Å²) in [5, 5.41) is 12.0. The molecule has 0 radical (unpaired) electrons. The number of nitrogens with zero attached hydrogens (tertiary/aromatic N) is 2. The van der Waals surface area contributed by atoms with Crippen molar-refractivity contribution >= 4 is 33.1 Å². The lowest BCUT2D eigenvalue weighted by Gasteiger charge is -2.03. The summed E-state index contributed by atoms with van der Waals surface area (Å²) in [5.41, 5.74) is 0. The standard InChI is InChI=1S/C16H15N3O4S2/c20-14(8-10-25(21,22)13-6-2-1-3-7-13)17-16-19-18-15(23-16)11-12-5-4-9-24-12/h1-7,9H,8,10-11H2,(H,17,19,20). The molecule has 0 bridgehead atoms. The van der Waals surface area contributed by atoms with Gasteiger partial charge in [0.05, 0.1) is 17.1 Å². The lowest BCUT2D eigenvalue weighted by Crippen LogP contribution is -2.17. The molecule has 0 saturated carbocycles. The van der Waals surface area contributed by atoms with Gasteiger partial charge in [0, 0.05) is 11.3 Å². The van der Waals surface area contributed by atoms with Gasteiger partial charge in [0.25, 0.3) is 0 Å². The molecular formula is C16H15N3O4S2. The molecule has 0 atom stereocenters. The zero-order valence-electron chi connectivity index (χ0n) is 13.1. The summed E-state index contributed by atoms with van der Waals surface area (Å²) < 4.78 is 29.6. The average molecular weight is 377 g/mol. The minimum absolute atomic E-state index is 0.0336. The number of carbonyl (C=O) groups excluding carboxylic acids is 1. The second-order valence-corrected chi connectivity index (χ2v) is 8.33. The molecule has 25 heavy (non-hydrogen) atoms. The van der Waals surface area contributed by atoms with E-state index < -0.39 is 15.7 Å². The highest BCUT2D eigenvalue weighted by atomic mass is 32.2. The van der Waals surface area contributed by atoms with E-state index in [4.69, 9.17) is 4.42 Å². The highest BCUT2D eigenvalue weighted by Crippen LogP contribution is 2.16. The first-order valence-corrected chi connectivity index (χ1v) is 9.98. The van der Waals surface area contributed by atoms with Crippen LogP contribution in [0.2, 0.25) is 0 Å². The number of hydrogen-bond donors (Lipinski definition) is 1. The molecule has 2 aromatic heterocycles. The van der Waals surface area contributed by atoms with Gasteiger partial charge in [0.1, 0.15) is 0 Å². The first-order chi connectivity index (χ1) is 12.0. The van der Waals surface area contributed by atoms with E-state index >= 15 is 0 Å². The van der Waals surface area contributed by atoms with Gasteiger partial charge in [-0.1, -0.05) is 29.4 Å². The van der Waals surface area contributed by atoms with E-state index in [1.54, 1.807) is 29.5 Å². The molecule has 0 saturated heterocycles. The molecule has 0 spiro atoms. The summed E-state index contributed by atoms with van der Waals surface area (Å²) in [6.07, 6.45) is 0.294. The normalized spacial score (nSPS) is 11.4. The summed E-state index contributed by atoms with van der Waals surface area (Å²) in [6, 6.07) is 11.8. The molecule has 9 heteroatoms. The largest absolute Gasteiger partial charge is 0.407 e. The molecule has 0 unspecified atom stereocenters. The average Bonchev–Trinajstić information content (AvgIpc) is 3.27. The van der Waals surface area contributed by atoms with E-state index in [0.29, 0.717) is 12.3 Å². The van der Waals surface area contributed by atoms with Crippen molar-refractivity contribution in [1.82, 2.24) is 10.2 Å². The molecule has 0 fully saturated rings. The Morgan fingerprint density at radius 1 is 1.12 bits per heavy atom. The summed E-state index contributed by atoms with van der Waals surface area (Å²) >= 11 is 1.57. The fraction of sp³-hybridized carbons (Fsp3) is 0.188. The zero-order chi connectivity index (χ0) is 17.7. The van der Waals surface area contributed by atoms with Gasteiger partial charge in [0.2, 0.25) is 11.8 Å². The first kappa shape index (κ1) is 17.3. The van der Waals surface area contributed by atoms with E-state index in [9.17, 15) is 13.2 Å². The fourth-order valence-corrected chi connectivity index (χ4v) is 4.05. The highest BCUT2D eigenvalue weighted by molar-refractivity contribution is 7.91. The third-order valence-corrected chi connectivity index (χ3v) is 5.93. The molecule has 2 heterocycles. The first-order valence-electron chi connectivity index (χ1n) is 7.45. The van der Waals surface area contributed by atoms with Gasteiger partial charge < -0.3 is 4.42 Å². The Bertz CT molecular complexity index is 935. The Balaban J connectivity index is 1.54. The van der Waals surface area contributed by atoms with Crippen molar-refractivity contribution in [3.8, 4) is 0 Å². The maximum absolute atomic E-state index is 12.1. The van der Waals surface area contributed by atoms with Crippen molar-refractivity contribution in [2.24, 2.45) is 0 Å². The van der Waals surface area contributed by atoms with Crippen LogP contribution in [0.4, 0.5) is 6.01 Å². The quantitative estimate of drug-likeness (QED) is 0.679. The van der Waals surface area contributed by atoms with E-state index in [0.717, 1.165) is 4.88 Å². The van der Waals surface area contributed by atoms with Crippen molar-refractivity contribution in [3.63, 3.8) is 0 Å². The molecule has 0 aliphatic carbocycles. The minimum atomic E-state index is -3.50. The van der Waals surface area contributed by atoms with Gasteiger partial charge in [-0.25, -0.2) is 8.42 Å². The molecule has 1 amide bonds. The van der Waals surface area contributed by atoms with Crippen LogP contribution in [0.1, 0.15) is 17.2 Å². The second-order valence-electron chi connectivity index (χ2n) is 5.19. The molecule has 3 aromatic rings. The van der Waals surface area contributed by atoms with Crippen LogP contribution in [0, 0.1) is 0 Å². The number of sulfone groups is 1. The van der Waals surface area contributed by atoms with Gasteiger partial charge in [-0.15, -0.1) is 16.4 Å². The van der Waals surface area contributed by atoms with Gasteiger partial charge in [-0.05, 0) is 23.6 Å². The van der Waals surface area contributed by atoms with Gasteiger partial charge in [-0.2, -0.15) is 0 Å². The minimum Gasteiger partial charge on any atom is -0.407 e. The second kappa shape index (κ2) is 7.58. The zero-order valence-corrected chi connectivity index (χ0v) is 14.7. The predicted octanol–water partition coefficient (Wildman–Crippen LogP) is 2.52. The van der Waals surface area contributed by atoms with E-state index in [1.165, 1.54) is 12.1 Å². The number of anilines is 1. The summed E-state index contributed by atoms with van der Waals surface area (Å²) in [6.45, 7) is 0. The smallest absolute Gasteiger partial charge is 0.322 e. The van der Waals surface area contributed by atoms with Crippen LogP contribution >= 0.6 is 11.3 Å². The van der Waals surface area contributed by atoms with Crippen molar-refractivity contribution < 1.29 is 17.6 Å². The van der Waals surface area contributed by atoms with Gasteiger partial charge >= 0.3 is 6.01 Å². The van der Waals surface area contributed by atoms with E-state index in [2.05, 4.69) is 15.5 Å². The number of aromatic nitrogens is 2. The molecule has 3 rings (SSSR count). The van der Waals surface area contributed by atoms with Gasteiger partial charge in [0.15, 0.2) is 9.84 Å². The highest BCUT2D eigenvalue weighted by Gasteiger charge is 2.17. The number of rotatable bonds is 7. The fourth-order valence-electron chi connectivity index (χ4n) is 2.09. The van der Waals surface area contributed by atoms with Crippen LogP contribution < -0.4 is 5.32 Å². The van der Waals surface area contributed by atoms with E-state index in [-0.39, 0.29) is 23.1 Å². The van der Waals surface area contributed by atoms with Crippen LogP contribution in [-0.2, 0) is 21.1 Å². The van der Waals surface area contributed by atoms with Crippen LogP contribution in [0.25, 0.3) is 0 Å². The Hall–Kier alpha value is -2.52. The monoisotopic (exact) mass is 377 g/mol. The number of thiophene rings is 1. The van der Waals surface area contributed by atoms with Crippen LogP contribution in [0.3, 0.4) is 0 Å². The molecular weight excluding hydrogens is 362 g/mol. The number of amides is 1. The third-order valence-electron chi connectivity index (χ3n) is 3.32. The van der Waals surface area contributed by atoms with Gasteiger partial charge in [-0.3, -0.25) is 10.1 Å². The van der Waals surface area contributed by atoms with Crippen molar-refractivity contribution in [2.75, 3.05) is 11.1 Å². The Labute approximate surface area is 148 Å². The topological polar surface area (TPSA) is 102 Å². The van der Waals surface area contributed by atoms with Crippen molar-refractivity contribution in [2.45, 2.75) is 17.7 Å². The predicted molar refractivity (Wildman–Crippen MR) is 93.2 cm³/mol. The van der Waals surface area contributed by atoms with E-state index in [1.807, 2.05) is 17.5 Å². The summed E-state index contributed by atoms with van der Waals surface area (Å²) in [5.74, 6) is -0.403. The van der Waals surface area contributed by atoms with Crippen molar-refractivity contribution in [1.29, 1.82) is 0 Å². The number of hydrogen-bond acceptors (Lipinski definition) is 7. The SMILES string of the molecule is O=C(CCS(=O)(=O)c1ccccc1)Nc1nnc(Cc2cccs2)o1. The van der Waals surface area contributed by atoms with Crippen LogP contribution in [0.5, 0.6) is 0 Å². The molecule has 130 valence electrons. The van der Waals surface area contributed by atoms with Crippen molar-refractivity contribution in [3.05, 3.63) is 58.6 Å². The number of benzene rings is 1. The van der Waals surface area contributed by atoms with Crippen LogP contribution in [0.15, 0.2) is 57.2 Å². The summed E-state index contributed by atoms with van der Waals surface area (Å²) in [7, 11) is -3.50. The third kappa shape index (κ3) is 4.74. The maximum atomic E-state index is 12.1. The molecule has 0 aliphatic heterocycles. The summed E-state index contributed by atoms with van der Waals surface area (Å²) in [4.78, 5) is 13.2. The van der Waals surface area contributed by atoms with Crippen LogP contribution in [-0.4, -0.2) is 30.3 Å². The lowest BCUT2D eigenvalue weighted by atomic mass is 10.3.